The maximum Gasteiger partial charge on any atom is 0.263 e. The van der Waals surface area contributed by atoms with E-state index in [1.807, 2.05) is 19.1 Å². The monoisotopic (exact) mass is 318 g/mol. The third-order valence-electron chi connectivity index (χ3n) is 3.47. The smallest absolute Gasteiger partial charge is 0.263 e. The quantitative estimate of drug-likeness (QED) is 0.753. The summed E-state index contributed by atoms with van der Waals surface area (Å²) in [6.07, 6.45) is 2.99. The number of carbonyl (C=O) groups is 1. The number of pyridine rings is 1. The summed E-state index contributed by atoms with van der Waals surface area (Å²) in [7, 11) is 1.62. The summed E-state index contributed by atoms with van der Waals surface area (Å²) in [5, 5.41) is 2.76. The van der Waals surface area contributed by atoms with Crippen LogP contribution in [0.5, 0.6) is 0 Å². The fraction of sp³-hybridized carbons (Fsp3) is 0.412. The molecule has 1 amide bonds. The molecule has 0 bridgehead atoms. The number of nitrogens with one attached hydrogen (secondary N) is 1. The molecular formula is C17H22N2O4. The first kappa shape index (κ1) is 17.0. The number of hydrogen-bond acceptors (Lipinski definition) is 4. The van der Waals surface area contributed by atoms with Crippen LogP contribution < -0.4 is 10.9 Å². The number of ether oxygens (including phenoxy) is 1. The first-order chi connectivity index (χ1) is 11.1. The lowest BCUT2D eigenvalue weighted by atomic mass is 10.2. The van der Waals surface area contributed by atoms with Gasteiger partial charge in [0.15, 0.2) is 0 Å². The van der Waals surface area contributed by atoms with Crippen LogP contribution >= 0.6 is 0 Å². The molecule has 2 rings (SSSR count). The van der Waals surface area contributed by atoms with Crippen molar-refractivity contribution in [3.8, 4) is 0 Å². The van der Waals surface area contributed by atoms with E-state index in [2.05, 4.69) is 5.32 Å². The van der Waals surface area contributed by atoms with Gasteiger partial charge in [-0.05, 0) is 37.6 Å². The van der Waals surface area contributed by atoms with E-state index in [-0.39, 0.29) is 17.0 Å². The molecule has 6 heteroatoms. The minimum atomic E-state index is -0.362. The molecule has 124 valence electrons. The summed E-state index contributed by atoms with van der Waals surface area (Å²) in [4.78, 5) is 24.4. The molecule has 0 saturated carbocycles. The molecule has 6 nitrogen and oxygen atoms in total. The summed E-state index contributed by atoms with van der Waals surface area (Å²) in [5.41, 5.74) is -0.129. The number of hydrogen-bond donors (Lipinski definition) is 1. The first-order valence-corrected chi connectivity index (χ1v) is 7.63. The van der Waals surface area contributed by atoms with Gasteiger partial charge >= 0.3 is 0 Å². The van der Waals surface area contributed by atoms with Crippen LogP contribution in [0, 0.1) is 6.92 Å². The lowest BCUT2D eigenvalue weighted by Gasteiger charge is -2.08. The average Bonchev–Trinajstić information content (AvgIpc) is 2.94. The number of aryl methyl sites for hydroxylation is 2. The van der Waals surface area contributed by atoms with Crippen molar-refractivity contribution in [3.05, 3.63) is 57.9 Å². The minimum absolute atomic E-state index is 0.153. The summed E-state index contributed by atoms with van der Waals surface area (Å²) in [6.45, 7) is 3.40. The van der Waals surface area contributed by atoms with Gasteiger partial charge < -0.3 is 19.0 Å². The number of aromatic nitrogens is 1. The third-order valence-corrected chi connectivity index (χ3v) is 3.47. The van der Waals surface area contributed by atoms with Crippen LogP contribution in [-0.4, -0.2) is 30.7 Å². The van der Waals surface area contributed by atoms with Crippen molar-refractivity contribution >= 4 is 5.91 Å². The highest BCUT2D eigenvalue weighted by Gasteiger charge is 2.11. The van der Waals surface area contributed by atoms with Crippen molar-refractivity contribution < 1.29 is 13.9 Å². The Balaban J connectivity index is 1.93. The molecule has 0 aliphatic heterocycles. The van der Waals surface area contributed by atoms with Crippen LogP contribution in [0.3, 0.4) is 0 Å². The number of furan rings is 1. The van der Waals surface area contributed by atoms with E-state index in [1.165, 1.54) is 4.57 Å². The van der Waals surface area contributed by atoms with Gasteiger partial charge in [0.2, 0.25) is 0 Å². The van der Waals surface area contributed by atoms with E-state index >= 15 is 0 Å². The molecule has 0 aliphatic carbocycles. The molecule has 0 aromatic carbocycles. The Labute approximate surface area is 135 Å². The zero-order valence-electron chi connectivity index (χ0n) is 13.5. The largest absolute Gasteiger partial charge is 0.466 e. The lowest BCUT2D eigenvalue weighted by molar-refractivity contribution is 0.0951. The highest BCUT2D eigenvalue weighted by atomic mass is 16.5. The van der Waals surface area contributed by atoms with Gasteiger partial charge in [-0.2, -0.15) is 0 Å². The van der Waals surface area contributed by atoms with Crippen molar-refractivity contribution in [3.63, 3.8) is 0 Å². The van der Waals surface area contributed by atoms with Gasteiger partial charge in [0, 0.05) is 39.4 Å². The maximum atomic E-state index is 12.3. The maximum absolute atomic E-state index is 12.3. The van der Waals surface area contributed by atoms with Gasteiger partial charge in [0.05, 0.1) is 0 Å². The van der Waals surface area contributed by atoms with Crippen LogP contribution in [0.1, 0.15) is 28.3 Å². The minimum Gasteiger partial charge on any atom is -0.466 e. The van der Waals surface area contributed by atoms with Gasteiger partial charge in [-0.15, -0.1) is 0 Å². The van der Waals surface area contributed by atoms with Crippen molar-refractivity contribution in [2.45, 2.75) is 26.3 Å². The Bertz CT molecular complexity index is 703. The van der Waals surface area contributed by atoms with Crippen molar-refractivity contribution in [2.24, 2.45) is 0 Å². The Morgan fingerprint density at radius 3 is 2.87 bits per heavy atom. The van der Waals surface area contributed by atoms with E-state index in [0.29, 0.717) is 26.1 Å². The molecule has 0 radical (unpaired) electrons. The van der Waals surface area contributed by atoms with E-state index in [0.717, 1.165) is 17.9 Å². The van der Waals surface area contributed by atoms with E-state index in [4.69, 9.17) is 9.15 Å². The fourth-order valence-corrected chi connectivity index (χ4v) is 2.28. The Morgan fingerprint density at radius 1 is 1.35 bits per heavy atom. The first-order valence-electron chi connectivity index (χ1n) is 7.63. The van der Waals surface area contributed by atoms with Crippen molar-refractivity contribution in [2.75, 3.05) is 20.3 Å². The van der Waals surface area contributed by atoms with Gasteiger partial charge in [0.1, 0.15) is 17.1 Å². The molecular weight excluding hydrogens is 296 g/mol. The second-order valence-electron chi connectivity index (χ2n) is 5.29. The van der Waals surface area contributed by atoms with Crippen LogP contribution in [0.25, 0.3) is 0 Å². The number of amides is 1. The summed E-state index contributed by atoms with van der Waals surface area (Å²) < 4.78 is 11.9. The molecule has 0 unspecified atom stereocenters. The van der Waals surface area contributed by atoms with Gasteiger partial charge in [-0.3, -0.25) is 9.59 Å². The molecule has 2 aromatic heterocycles. The predicted molar refractivity (Wildman–Crippen MR) is 86.7 cm³/mol. The molecule has 0 aliphatic rings. The van der Waals surface area contributed by atoms with Crippen LogP contribution in [-0.2, 0) is 17.7 Å². The highest BCUT2D eigenvalue weighted by molar-refractivity contribution is 5.93. The Morgan fingerprint density at radius 2 is 2.17 bits per heavy atom. The highest BCUT2D eigenvalue weighted by Crippen LogP contribution is 2.06. The Kier molecular flexibility index (Phi) is 6.17. The molecule has 1 N–H and O–H groups in total. The molecule has 0 fully saturated rings. The number of methoxy groups -OCH3 is 1. The average molecular weight is 318 g/mol. The zero-order chi connectivity index (χ0) is 16.7. The van der Waals surface area contributed by atoms with Crippen LogP contribution in [0.15, 0.2) is 39.7 Å². The normalized spacial score (nSPS) is 10.7. The number of nitrogens with zero attached hydrogens (tertiary/aromatic N) is 1. The summed E-state index contributed by atoms with van der Waals surface area (Å²) in [5.74, 6) is 1.29. The van der Waals surface area contributed by atoms with Crippen LogP contribution in [0.2, 0.25) is 0 Å². The molecule has 2 heterocycles. The van der Waals surface area contributed by atoms with E-state index in [1.54, 1.807) is 25.4 Å². The van der Waals surface area contributed by atoms with Gasteiger partial charge in [-0.1, -0.05) is 0 Å². The molecule has 0 atom stereocenters. The molecule has 23 heavy (non-hydrogen) atoms. The van der Waals surface area contributed by atoms with E-state index < -0.39 is 0 Å². The summed E-state index contributed by atoms with van der Waals surface area (Å²) in [6, 6.07) is 7.01. The second-order valence-corrected chi connectivity index (χ2v) is 5.29. The van der Waals surface area contributed by atoms with Crippen LogP contribution in [0.4, 0.5) is 0 Å². The van der Waals surface area contributed by atoms with Gasteiger partial charge in [0.25, 0.3) is 11.5 Å². The number of rotatable bonds is 8. The third kappa shape index (κ3) is 4.82. The zero-order valence-corrected chi connectivity index (χ0v) is 13.5. The lowest BCUT2D eigenvalue weighted by Crippen LogP contribution is -2.33. The van der Waals surface area contributed by atoms with Crippen molar-refractivity contribution in [1.82, 2.24) is 9.88 Å². The molecule has 0 spiro atoms. The SMILES string of the molecule is COCCCn1cccc(C(=O)NCCc2ccc(C)o2)c1=O. The second kappa shape index (κ2) is 8.33. The van der Waals surface area contributed by atoms with Gasteiger partial charge in [-0.25, -0.2) is 0 Å². The topological polar surface area (TPSA) is 73.5 Å². The van der Waals surface area contributed by atoms with Crippen molar-refractivity contribution in [1.29, 1.82) is 0 Å². The van der Waals surface area contributed by atoms with E-state index in [9.17, 15) is 9.59 Å². The molecule has 2 aromatic rings. The Hall–Kier alpha value is -2.34. The predicted octanol–water partition coefficient (Wildman–Crippen LogP) is 1.76. The summed E-state index contributed by atoms with van der Waals surface area (Å²) >= 11 is 0. The number of carbonyl (C=O) groups excluding carboxylic acids is 1. The standard InChI is InChI=1S/C17H22N2O4/c1-13-6-7-14(23-13)8-9-18-16(20)15-5-3-10-19(17(15)21)11-4-12-22-2/h3,5-7,10H,4,8-9,11-12H2,1-2H3,(H,18,20). The molecule has 0 saturated heterocycles. The fourth-order valence-electron chi connectivity index (χ4n) is 2.28.